The zero-order chi connectivity index (χ0) is 17.1. The molecule has 2 saturated heterocycles. The van der Waals surface area contributed by atoms with Gasteiger partial charge in [0, 0.05) is 18.8 Å². The maximum absolute atomic E-state index is 12.6. The van der Waals surface area contributed by atoms with Gasteiger partial charge in [-0.3, -0.25) is 4.79 Å². The van der Waals surface area contributed by atoms with Gasteiger partial charge in [0.05, 0.1) is 38.4 Å². The molecule has 1 aromatic carbocycles. The second-order valence-electron chi connectivity index (χ2n) is 6.99. The molecule has 0 aromatic heterocycles. The predicted molar refractivity (Wildman–Crippen MR) is 92.5 cm³/mol. The van der Waals surface area contributed by atoms with Crippen molar-refractivity contribution in [1.29, 1.82) is 0 Å². The number of morpholine rings is 1. The summed E-state index contributed by atoms with van der Waals surface area (Å²) in [6, 6.07) is 7.33. The highest BCUT2D eigenvalue weighted by Crippen LogP contribution is 2.18. The van der Waals surface area contributed by atoms with Crippen LogP contribution in [0.25, 0.3) is 0 Å². The average molecular weight is 334 g/mol. The molecule has 2 aliphatic rings. The largest absolute Gasteiger partial charge is 0.508 e. The number of hydrogen-bond donors (Lipinski definition) is 2. The van der Waals surface area contributed by atoms with Crippen LogP contribution in [0, 0.1) is 0 Å². The molecule has 6 heteroatoms. The number of carbonyl (C=O) groups is 1. The van der Waals surface area contributed by atoms with Crippen LogP contribution in [0.1, 0.15) is 13.8 Å². The Hall–Kier alpha value is -1.79. The summed E-state index contributed by atoms with van der Waals surface area (Å²) in [5.74, 6) is 0.535. The average Bonchev–Trinajstić information content (AvgIpc) is 2.55. The number of piperazine rings is 1. The molecule has 1 amide bonds. The quantitative estimate of drug-likeness (QED) is 0.799. The number of nitrogens with one attached hydrogen (secondary N) is 1. The second kappa shape index (κ2) is 7.40. The molecule has 0 spiro atoms. The molecule has 132 valence electrons. The zero-order valence-electron chi connectivity index (χ0n) is 14.6. The molecule has 0 unspecified atom stereocenters. The summed E-state index contributed by atoms with van der Waals surface area (Å²) in [5.41, 5.74) is 1.13. The smallest absolute Gasteiger partial charge is 0.277 e. The molecule has 2 N–H and O–H groups in total. The van der Waals surface area contributed by atoms with Crippen molar-refractivity contribution >= 4 is 11.6 Å². The molecule has 2 fully saturated rings. The molecule has 6 nitrogen and oxygen atoms in total. The molecular weight excluding hydrogens is 306 g/mol. The minimum absolute atomic E-state index is 0.124. The third-order valence-corrected chi connectivity index (χ3v) is 4.86. The number of ether oxygens (including phenoxy) is 1. The van der Waals surface area contributed by atoms with Crippen LogP contribution in [-0.4, -0.2) is 73.9 Å². The van der Waals surface area contributed by atoms with E-state index in [1.807, 2.05) is 30.9 Å². The van der Waals surface area contributed by atoms with Gasteiger partial charge in [0.25, 0.3) is 5.91 Å². The lowest BCUT2D eigenvalue weighted by Gasteiger charge is -2.37. The first-order valence-electron chi connectivity index (χ1n) is 8.82. The summed E-state index contributed by atoms with van der Waals surface area (Å²) < 4.78 is 5.70. The monoisotopic (exact) mass is 334 g/mol. The van der Waals surface area contributed by atoms with Crippen LogP contribution in [0.15, 0.2) is 24.3 Å². The number of phenolic OH excluding ortho intramolecular Hbond substituents is 1. The molecule has 24 heavy (non-hydrogen) atoms. The molecular formula is C18H28N3O3+. The number of anilines is 1. The van der Waals surface area contributed by atoms with E-state index in [1.54, 1.807) is 12.1 Å². The zero-order valence-corrected chi connectivity index (χ0v) is 14.6. The summed E-state index contributed by atoms with van der Waals surface area (Å²) in [4.78, 5) is 18.2. The summed E-state index contributed by atoms with van der Waals surface area (Å²) >= 11 is 0. The SMILES string of the molecule is C[C@@H]1CN(C(=O)C[NH+]2CCN(c3ccc(O)cc3)CC2)C[C@@H](C)O1. The number of aromatic hydroxyl groups is 1. The molecule has 2 heterocycles. The summed E-state index contributed by atoms with van der Waals surface area (Å²) in [7, 11) is 0. The predicted octanol–water partition coefficient (Wildman–Crippen LogP) is -0.267. The molecule has 2 atom stereocenters. The molecule has 3 rings (SSSR count). The molecule has 1 aromatic rings. The first-order chi connectivity index (χ1) is 11.5. The van der Waals surface area contributed by atoms with Crippen molar-refractivity contribution in [1.82, 2.24) is 4.90 Å². The van der Waals surface area contributed by atoms with Crippen molar-refractivity contribution in [2.45, 2.75) is 26.1 Å². The lowest BCUT2D eigenvalue weighted by atomic mass is 10.2. The lowest BCUT2D eigenvalue weighted by Crippen LogP contribution is -3.16. The number of quaternary nitrogens is 1. The van der Waals surface area contributed by atoms with Crippen molar-refractivity contribution in [3.05, 3.63) is 24.3 Å². The Balaban J connectivity index is 1.48. The number of phenols is 1. The van der Waals surface area contributed by atoms with Gasteiger partial charge in [-0.15, -0.1) is 0 Å². The number of carbonyl (C=O) groups excluding carboxylic acids is 1. The third kappa shape index (κ3) is 4.19. The van der Waals surface area contributed by atoms with E-state index in [2.05, 4.69) is 4.90 Å². The van der Waals surface area contributed by atoms with E-state index in [9.17, 15) is 9.90 Å². The van der Waals surface area contributed by atoms with E-state index >= 15 is 0 Å². The Bertz CT molecular complexity index is 545. The van der Waals surface area contributed by atoms with Crippen molar-refractivity contribution in [3.63, 3.8) is 0 Å². The normalized spacial score (nSPS) is 25.8. The number of rotatable bonds is 3. The van der Waals surface area contributed by atoms with E-state index < -0.39 is 0 Å². The maximum Gasteiger partial charge on any atom is 0.277 e. The third-order valence-electron chi connectivity index (χ3n) is 4.86. The number of amides is 1. The van der Waals surface area contributed by atoms with Gasteiger partial charge in [-0.2, -0.15) is 0 Å². The number of nitrogens with zero attached hydrogens (tertiary/aromatic N) is 2. The van der Waals surface area contributed by atoms with Gasteiger partial charge in [-0.1, -0.05) is 0 Å². The fraction of sp³-hybridized carbons (Fsp3) is 0.611. The Labute approximate surface area is 143 Å². The van der Waals surface area contributed by atoms with Gasteiger partial charge in [0.1, 0.15) is 5.75 Å². The Morgan fingerprint density at radius 1 is 1.17 bits per heavy atom. The Morgan fingerprint density at radius 2 is 1.75 bits per heavy atom. The van der Waals surface area contributed by atoms with Gasteiger partial charge < -0.3 is 24.5 Å². The van der Waals surface area contributed by atoms with E-state index in [-0.39, 0.29) is 18.1 Å². The van der Waals surface area contributed by atoms with Crippen LogP contribution < -0.4 is 9.80 Å². The Kier molecular flexibility index (Phi) is 5.26. The minimum atomic E-state index is 0.124. The molecule has 2 aliphatic heterocycles. The summed E-state index contributed by atoms with van der Waals surface area (Å²) in [5, 5.41) is 9.38. The highest BCUT2D eigenvalue weighted by Gasteiger charge is 2.29. The highest BCUT2D eigenvalue weighted by atomic mass is 16.5. The Morgan fingerprint density at radius 3 is 2.33 bits per heavy atom. The maximum atomic E-state index is 12.6. The highest BCUT2D eigenvalue weighted by molar-refractivity contribution is 5.77. The van der Waals surface area contributed by atoms with E-state index in [0.29, 0.717) is 25.4 Å². The van der Waals surface area contributed by atoms with Crippen molar-refractivity contribution < 1.29 is 19.5 Å². The first-order valence-corrected chi connectivity index (χ1v) is 8.82. The number of benzene rings is 1. The topological polar surface area (TPSA) is 57.5 Å². The minimum Gasteiger partial charge on any atom is -0.508 e. The first kappa shape index (κ1) is 17.0. The second-order valence-corrected chi connectivity index (χ2v) is 6.99. The van der Waals surface area contributed by atoms with Crippen LogP contribution in [0.5, 0.6) is 5.75 Å². The summed E-state index contributed by atoms with van der Waals surface area (Å²) in [6.45, 7) is 9.82. The molecule has 0 aliphatic carbocycles. The van der Waals surface area contributed by atoms with Gasteiger partial charge in [0.15, 0.2) is 6.54 Å². The molecule has 0 saturated carbocycles. The van der Waals surface area contributed by atoms with Crippen molar-refractivity contribution in [3.8, 4) is 5.75 Å². The molecule has 0 bridgehead atoms. The summed E-state index contributed by atoms with van der Waals surface area (Å²) in [6.07, 6.45) is 0.248. The van der Waals surface area contributed by atoms with Crippen molar-refractivity contribution in [2.24, 2.45) is 0 Å². The molecule has 0 radical (unpaired) electrons. The van der Waals surface area contributed by atoms with Crippen LogP contribution in [0.4, 0.5) is 5.69 Å². The van der Waals surface area contributed by atoms with E-state index in [0.717, 1.165) is 31.9 Å². The fourth-order valence-electron chi connectivity index (χ4n) is 3.63. The standard InChI is InChI=1S/C18H27N3O3/c1-14-11-21(12-15(2)24-14)18(23)13-19-7-9-20(10-8-19)16-3-5-17(22)6-4-16/h3-6,14-15,22H,7-13H2,1-2H3/p+1/t14-,15-/m1/s1. The van der Waals surface area contributed by atoms with E-state index in [4.69, 9.17) is 4.74 Å². The van der Waals surface area contributed by atoms with Crippen LogP contribution in [0.3, 0.4) is 0 Å². The van der Waals surface area contributed by atoms with Gasteiger partial charge in [-0.05, 0) is 38.1 Å². The van der Waals surface area contributed by atoms with Crippen LogP contribution in [0.2, 0.25) is 0 Å². The number of hydrogen-bond acceptors (Lipinski definition) is 4. The van der Waals surface area contributed by atoms with E-state index in [1.165, 1.54) is 4.90 Å². The van der Waals surface area contributed by atoms with Crippen LogP contribution >= 0.6 is 0 Å². The van der Waals surface area contributed by atoms with Crippen LogP contribution in [-0.2, 0) is 9.53 Å². The van der Waals surface area contributed by atoms with Gasteiger partial charge >= 0.3 is 0 Å². The van der Waals surface area contributed by atoms with Gasteiger partial charge in [0.2, 0.25) is 0 Å². The lowest BCUT2D eigenvalue weighted by molar-refractivity contribution is -0.892. The van der Waals surface area contributed by atoms with Gasteiger partial charge in [-0.25, -0.2) is 0 Å². The van der Waals surface area contributed by atoms with Crippen molar-refractivity contribution in [2.75, 3.05) is 50.7 Å². The fourth-order valence-corrected chi connectivity index (χ4v) is 3.63.